The van der Waals surface area contributed by atoms with Crippen molar-refractivity contribution in [3.8, 4) is 0 Å². The highest BCUT2D eigenvalue weighted by Crippen LogP contribution is 2.08. The fourth-order valence-corrected chi connectivity index (χ4v) is 1.80. The van der Waals surface area contributed by atoms with Crippen molar-refractivity contribution in [2.24, 2.45) is 0 Å². The van der Waals surface area contributed by atoms with Crippen molar-refractivity contribution in [2.75, 3.05) is 26.2 Å². The van der Waals surface area contributed by atoms with Crippen molar-refractivity contribution in [1.82, 2.24) is 15.0 Å². The molecule has 1 heterocycles. The number of aromatic nitrogens is 3. The number of carbonyl (C=O) groups is 1. The number of hydrogen-bond acceptors (Lipinski definition) is 7. The molecule has 0 amide bonds. The molecule has 0 aromatic carbocycles. The van der Waals surface area contributed by atoms with Crippen molar-refractivity contribution >= 4 is 15.8 Å². The molecule has 1 rings (SSSR count). The first-order chi connectivity index (χ1) is 8.39. The molecule has 0 unspecified atom stereocenters. The fraction of sp³-hybridized carbons (Fsp3) is 0.667. The van der Waals surface area contributed by atoms with E-state index in [1.807, 2.05) is 0 Å². The lowest BCUT2D eigenvalue weighted by Crippen LogP contribution is -2.16. The van der Waals surface area contributed by atoms with Gasteiger partial charge in [-0.15, -0.1) is 5.10 Å². The largest absolute Gasteiger partial charge is 0.464 e. The minimum absolute atomic E-state index is 0.0350. The Balaban J connectivity index is 2.98. The van der Waals surface area contributed by atoms with E-state index in [2.05, 4.69) is 15.0 Å². The topological polar surface area (TPSA) is 100 Å². The summed E-state index contributed by atoms with van der Waals surface area (Å²) in [6.07, 6.45) is 1.13. The minimum atomic E-state index is -3.12. The first kappa shape index (κ1) is 14.6. The van der Waals surface area contributed by atoms with Crippen LogP contribution in [-0.4, -0.2) is 55.6 Å². The number of aryl methyl sites for hydroxylation is 1. The number of hydrogen-bond donors (Lipinski definition) is 0. The summed E-state index contributed by atoms with van der Waals surface area (Å²) < 4.78 is 33.0. The highest BCUT2D eigenvalue weighted by atomic mass is 32.2. The lowest BCUT2D eigenvalue weighted by molar-refractivity contribution is 0.0588. The van der Waals surface area contributed by atoms with Gasteiger partial charge in [0.2, 0.25) is 0 Å². The number of ether oxygens (including phenoxy) is 2. The van der Waals surface area contributed by atoms with Crippen LogP contribution in [0.5, 0.6) is 0 Å². The Labute approximate surface area is 105 Å². The van der Waals surface area contributed by atoms with Crippen LogP contribution < -0.4 is 0 Å². The summed E-state index contributed by atoms with van der Waals surface area (Å²) in [6, 6.07) is 0. The molecule has 0 aliphatic heterocycles. The third kappa shape index (κ3) is 3.77. The SMILES string of the molecule is COCc1c(C(=O)OC)nnn1CCS(C)(=O)=O. The van der Waals surface area contributed by atoms with Crippen LogP contribution in [0.15, 0.2) is 0 Å². The molecule has 0 fully saturated rings. The summed E-state index contributed by atoms with van der Waals surface area (Å²) >= 11 is 0. The molecular weight excluding hydrogens is 262 g/mol. The second kappa shape index (κ2) is 5.91. The Kier molecular flexibility index (Phi) is 4.79. The van der Waals surface area contributed by atoms with E-state index in [0.29, 0.717) is 5.69 Å². The van der Waals surface area contributed by atoms with Crippen molar-refractivity contribution < 1.29 is 22.7 Å². The van der Waals surface area contributed by atoms with E-state index in [9.17, 15) is 13.2 Å². The van der Waals surface area contributed by atoms with E-state index in [-0.39, 0.29) is 24.6 Å². The molecule has 0 atom stereocenters. The number of esters is 1. The van der Waals surface area contributed by atoms with Gasteiger partial charge in [-0.05, 0) is 0 Å². The molecule has 1 aromatic heterocycles. The molecule has 0 spiro atoms. The average molecular weight is 277 g/mol. The quantitative estimate of drug-likeness (QED) is 0.631. The summed E-state index contributed by atoms with van der Waals surface area (Å²) in [7, 11) is -0.432. The summed E-state index contributed by atoms with van der Waals surface area (Å²) in [5.41, 5.74) is 0.431. The first-order valence-corrected chi connectivity index (χ1v) is 7.12. The second-order valence-corrected chi connectivity index (χ2v) is 5.92. The normalized spacial score (nSPS) is 11.5. The minimum Gasteiger partial charge on any atom is -0.464 e. The van der Waals surface area contributed by atoms with Crippen LogP contribution in [0.1, 0.15) is 16.2 Å². The Bertz CT molecular complexity index is 522. The van der Waals surface area contributed by atoms with E-state index in [0.717, 1.165) is 6.26 Å². The van der Waals surface area contributed by atoms with Gasteiger partial charge in [-0.1, -0.05) is 5.21 Å². The third-order valence-corrected chi connectivity index (χ3v) is 3.10. The van der Waals surface area contributed by atoms with Gasteiger partial charge in [0.05, 0.1) is 31.7 Å². The first-order valence-electron chi connectivity index (χ1n) is 5.06. The maximum absolute atomic E-state index is 11.4. The summed E-state index contributed by atoms with van der Waals surface area (Å²) in [5.74, 6) is -0.721. The number of methoxy groups -OCH3 is 2. The molecule has 9 heteroatoms. The van der Waals surface area contributed by atoms with Crippen LogP contribution in [0.25, 0.3) is 0 Å². The van der Waals surface area contributed by atoms with Gasteiger partial charge >= 0.3 is 5.97 Å². The Morgan fingerprint density at radius 2 is 2.06 bits per heavy atom. The van der Waals surface area contributed by atoms with Crippen molar-refractivity contribution in [3.05, 3.63) is 11.4 Å². The molecule has 18 heavy (non-hydrogen) atoms. The van der Waals surface area contributed by atoms with Crippen LogP contribution in [-0.2, 0) is 32.5 Å². The zero-order valence-corrected chi connectivity index (χ0v) is 11.2. The molecule has 0 N–H and O–H groups in total. The van der Waals surface area contributed by atoms with Crippen LogP contribution >= 0.6 is 0 Å². The molecule has 0 aliphatic rings. The molecule has 0 radical (unpaired) electrons. The van der Waals surface area contributed by atoms with Crippen molar-refractivity contribution in [3.63, 3.8) is 0 Å². The van der Waals surface area contributed by atoms with E-state index in [1.54, 1.807) is 0 Å². The van der Waals surface area contributed by atoms with Crippen molar-refractivity contribution in [1.29, 1.82) is 0 Å². The van der Waals surface area contributed by atoms with E-state index in [1.165, 1.54) is 18.9 Å². The highest BCUT2D eigenvalue weighted by molar-refractivity contribution is 7.90. The molecular formula is C9H15N3O5S. The van der Waals surface area contributed by atoms with Crippen molar-refractivity contribution in [2.45, 2.75) is 13.2 Å². The van der Waals surface area contributed by atoms with E-state index < -0.39 is 15.8 Å². The number of sulfone groups is 1. The fourth-order valence-electron chi connectivity index (χ4n) is 1.30. The van der Waals surface area contributed by atoms with Gasteiger partial charge in [0.25, 0.3) is 0 Å². The number of rotatable bonds is 6. The van der Waals surface area contributed by atoms with Crippen LogP contribution in [0, 0.1) is 0 Å². The maximum atomic E-state index is 11.4. The lowest BCUT2D eigenvalue weighted by atomic mass is 10.3. The number of nitrogens with zero attached hydrogens (tertiary/aromatic N) is 3. The molecule has 0 aliphatic carbocycles. The Hall–Kier alpha value is -1.48. The third-order valence-electron chi connectivity index (χ3n) is 2.17. The van der Waals surface area contributed by atoms with E-state index in [4.69, 9.17) is 4.74 Å². The smallest absolute Gasteiger partial charge is 0.360 e. The zero-order valence-electron chi connectivity index (χ0n) is 10.4. The van der Waals surface area contributed by atoms with Crippen LogP contribution in [0.2, 0.25) is 0 Å². The predicted molar refractivity (Wildman–Crippen MR) is 61.8 cm³/mol. The highest BCUT2D eigenvalue weighted by Gasteiger charge is 2.20. The molecule has 1 aromatic rings. The molecule has 8 nitrogen and oxygen atoms in total. The predicted octanol–water partition coefficient (Wildman–Crippen LogP) is -0.744. The molecule has 0 bridgehead atoms. The zero-order chi connectivity index (χ0) is 13.8. The average Bonchev–Trinajstić information content (AvgIpc) is 2.68. The second-order valence-electron chi connectivity index (χ2n) is 3.66. The van der Waals surface area contributed by atoms with Gasteiger partial charge in [-0.3, -0.25) is 0 Å². The monoisotopic (exact) mass is 277 g/mol. The lowest BCUT2D eigenvalue weighted by Gasteiger charge is -2.05. The summed E-state index contributed by atoms with van der Waals surface area (Å²) in [6.45, 7) is 0.211. The standard InChI is InChI=1S/C9H15N3O5S/c1-16-6-7-8(9(13)17-2)10-11-12(7)4-5-18(3,14)15/h4-6H2,1-3H3. The molecule has 0 saturated carbocycles. The summed E-state index contributed by atoms with van der Waals surface area (Å²) in [5, 5.41) is 7.40. The summed E-state index contributed by atoms with van der Waals surface area (Å²) in [4.78, 5) is 11.4. The molecule has 0 saturated heterocycles. The maximum Gasteiger partial charge on any atom is 0.360 e. The van der Waals surface area contributed by atoms with Gasteiger partial charge in [-0.2, -0.15) is 0 Å². The Morgan fingerprint density at radius 3 is 2.56 bits per heavy atom. The van der Waals surface area contributed by atoms with Gasteiger partial charge in [0.1, 0.15) is 9.84 Å². The van der Waals surface area contributed by atoms with Crippen LogP contribution in [0.3, 0.4) is 0 Å². The van der Waals surface area contributed by atoms with Crippen LogP contribution in [0.4, 0.5) is 0 Å². The van der Waals surface area contributed by atoms with Gasteiger partial charge < -0.3 is 9.47 Å². The van der Waals surface area contributed by atoms with Gasteiger partial charge in [-0.25, -0.2) is 17.9 Å². The Morgan fingerprint density at radius 1 is 1.39 bits per heavy atom. The van der Waals surface area contributed by atoms with E-state index >= 15 is 0 Å². The van der Waals surface area contributed by atoms with Gasteiger partial charge in [0, 0.05) is 13.4 Å². The van der Waals surface area contributed by atoms with Gasteiger partial charge in [0.15, 0.2) is 5.69 Å². The number of carbonyl (C=O) groups excluding carboxylic acids is 1. The molecule has 102 valence electrons.